The molecule has 1 aliphatic rings. The van der Waals surface area contributed by atoms with Crippen LogP contribution in [0.2, 0.25) is 0 Å². The molecule has 4 rings (SSSR count). The van der Waals surface area contributed by atoms with Crippen LogP contribution >= 0.6 is 0 Å². The van der Waals surface area contributed by atoms with E-state index in [0.29, 0.717) is 22.4 Å². The number of ether oxygens (including phenoxy) is 2. The van der Waals surface area contributed by atoms with Gasteiger partial charge in [0.1, 0.15) is 0 Å². The molecule has 0 aliphatic heterocycles. The minimum atomic E-state index is -0.133. The second kappa shape index (κ2) is 7.95. The van der Waals surface area contributed by atoms with Crippen LogP contribution in [0.15, 0.2) is 47.5 Å². The van der Waals surface area contributed by atoms with Crippen LogP contribution in [-0.4, -0.2) is 29.7 Å². The van der Waals surface area contributed by atoms with E-state index in [2.05, 4.69) is 10.3 Å². The molecular weight excluding hydrogens is 370 g/mol. The smallest absolute Gasteiger partial charge is 0.261 e. The number of amides is 1. The first-order valence-corrected chi connectivity index (χ1v) is 9.59. The molecule has 0 fully saturated rings. The van der Waals surface area contributed by atoms with Gasteiger partial charge in [-0.15, -0.1) is 0 Å². The van der Waals surface area contributed by atoms with E-state index in [0.717, 1.165) is 24.0 Å². The van der Waals surface area contributed by atoms with Gasteiger partial charge in [0.05, 0.1) is 37.5 Å². The number of carbonyl (C=O) groups is 1. The van der Waals surface area contributed by atoms with Crippen LogP contribution in [0, 0.1) is 0 Å². The van der Waals surface area contributed by atoms with E-state index in [1.807, 2.05) is 24.3 Å². The number of hydrogen-bond donors (Lipinski definition) is 1. The summed E-state index contributed by atoms with van der Waals surface area (Å²) in [6.45, 7) is 0.286. The van der Waals surface area contributed by atoms with Gasteiger partial charge in [0, 0.05) is 13.0 Å². The standard InChI is InChI=1S/C22H23N3O4/c1-28-19-11-14-7-8-18(16(14)12-20(19)29-2)24-21(26)9-10-25-13-23-17-6-4-3-5-15(17)22(25)27/h3-6,11-13,18H,7-10H2,1-2H3,(H,24,26)/t18-/m1/s1. The lowest BCUT2D eigenvalue weighted by Gasteiger charge is -2.16. The van der Waals surface area contributed by atoms with Crippen molar-refractivity contribution in [2.24, 2.45) is 0 Å². The first-order valence-electron chi connectivity index (χ1n) is 9.59. The Balaban J connectivity index is 1.44. The van der Waals surface area contributed by atoms with Crippen LogP contribution in [0.25, 0.3) is 10.9 Å². The molecule has 1 amide bonds. The van der Waals surface area contributed by atoms with Gasteiger partial charge in [0.15, 0.2) is 11.5 Å². The molecule has 1 atom stereocenters. The number of methoxy groups -OCH3 is 2. The number of nitrogens with zero attached hydrogens (tertiary/aromatic N) is 2. The van der Waals surface area contributed by atoms with E-state index in [1.165, 1.54) is 10.9 Å². The van der Waals surface area contributed by atoms with E-state index < -0.39 is 0 Å². The van der Waals surface area contributed by atoms with Crippen molar-refractivity contribution in [2.75, 3.05) is 14.2 Å². The number of aromatic nitrogens is 2. The molecule has 0 saturated heterocycles. The van der Waals surface area contributed by atoms with Crippen molar-refractivity contribution in [1.82, 2.24) is 14.9 Å². The van der Waals surface area contributed by atoms with Crippen molar-refractivity contribution < 1.29 is 14.3 Å². The molecule has 1 aromatic heterocycles. The molecule has 1 N–H and O–H groups in total. The summed E-state index contributed by atoms with van der Waals surface area (Å²) in [5.74, 6) is 1.25. The van der Waals surface area contributed by atoms with Crippen LogP contribution in [0.3, 0.4) is 0 Å². The van der Waals surface area contributed by atoms with Crippen LogP contribution in [-0.2, 0) is 17.8 Å². The highest BCUT2D eigenvalue weighted by Crippen LogP contribution is 2.39. The van der Waals surface area contributed by atoms with Crippen molar-refractivity contribution in [2.45, 2.75) is 31.8 Å². The van der Waals surface area contributed by atoms with E-state index >= 15 is 0 Å². The Morgan fingerprint density at radius 2 is 1.97 bits per heavy atom. The zero-order valence-electron chi connectivity index (χ0n) is 16.5. The molecule has 1 heterocycles. The molecule has 7 heteroatoms. The van der Waals surface area contributed by atoms with Gasteiger partial charge >= 0.3 is 0 Å². The Kier molecular flexibility index (Phi) is 5.20. The first kappa shape index (κ1) is 19.0. The molecule has 0 spiro atoms. The highest BCUT2D eigenvalue weighted by atomic mass is 16.5. The number of aryl methyl sites for hydroxylation is 2. The average molecular weight is 393 g/mol. The van der Waals surface area contributed by atoms with Crippen molar-refractivity contribution in [3.63, 3.8) is 0 Å². The fourth-order valence-electron chi connectivity index (χ4n) is 3.84. The maximum Gasteiger partial charge on any atom is 0.261 e. The summed E-state index contributed by atoms with van der Waals surface area (Å²) in [6, 6.07) is 11.0. The monoisotopic (exact) mass is 393 g/mol. The Bertz CT molecular complexity index is 1120. The Morgan fingerprint density at radius 3 is 2.76 bits per heavy atom. The fraction of sp³-hybridized carbons (Fsp3) is 0.318. The van der Waals surface area contributed by atoms with Gasteiger partial charge in [0.25, 0.3) is 5.56 Å². The predicted molar refractivity (Wildman–Crippen MR) is 109 cm³/mol. The lowest BCUT2D eigenvalue weighted by molar-refractivity contribution is -0.122. The Morgan fingerprint density at radius 1 is 1.21 bits per heavy atom. The molecule has 0 radical (unpaired) electrons. The van der Waals surface area contributed by atoms with Gasteiger partial charge < -0.3 is 14.8 Å². The molecule has 1 aliphatic carbocycles. The number of nitrogens with one attached hydrogen (secondary N) is 1. The quantitative estimate of drug-likeness (QED) is 0.696. The summed E-state index contributed by atoms with van der Waals surface area (Å²) in [7, 11) is 3.21. The summed E-state index contributed by atoms with van der Waals surface area (Å²) < 4.78 is 12.2. The lowest BCUT2D eigenvalue weighted by Crippen LogP contribution is -2.29. The normalized spacial score (nSPS) is 15.2. The van der Waals surface area contributed by atoms with Crippen molar-refractivity contribution in [3.8, 4) is 11.5 Å². The van der Waals surface area contributed by atoms with Gasteiger partial charge in [-0.2, -0.15) is 0 Å². The minimum Gasteiger partial charge on any atom is -0.493 e. The second-order valence-electron chi connectivity index (χ2n) is 7.08. The molecule has 2 aromatic carbocycles. The van der Waals surface area contributed by atoms with E-state index in [9.17, 15) is 9.59 Å². The summed E-state index contributed by atoms with van der Waals surface area (Å²) in [5, 5.41) is 3.64. The van der Waals surface area contributed by atoms with E-state index in [-0.39, 0.29) is 30.5 Å². The molecule has 3 aromatic rings. The lowest BCUT2D eigenvalue weighted by atomic mass is 10.1. The van der Waals surface area contributed by atoms with Crippen molar-refractivity contribution >= 4 is 16.8 Å². The predicted octanol–water partition coefficient (Wildman–Crippen LogP) is 2.61. The number of fused-ring (bicyclic) bond motifs is 2. The molecule has 0 unspecified atom stereocenters. The SMILES string of the molecule is COc1cc2c(cc1OC)[C@H](NC(=O)CCn1cnc3ccccc3c1=O)CC2. The zero-order valence-corrected chi connectivity index (χ0v) is 16.5. The highest BCUT2D eigenvalue weighted by Gasteiger charge is 2.26. The third-order valence-corrected chi connectivity index (χ3v) is 5.37. The molecule has 7 nitrogen and oxygen atoms in total. The Labute approximate surface area is 168 Å². The number of rotatable bonds is 6. The molecule has 150 valence electrons. The number of para-hydroxylation sites is 1. The van der Waals surface area contributed by atoms with Crippen molar-refractivity contribution in [1.29, 1.82) is 0 Å². The van der Waals surface area contributed by atoms with Crippen molar-refractivity contribution in [3.05, 3.63) is 64.2 Å². The van der Waals surface area contributed by atoms with Crippen LogP contribution < -0.4 is 20.3 Å². The van der Waals surface area contributed by atoms with Gasteiger partial charge in [-0.3, -0.25) is 14.2 Å². The van der Waals surface area contributed by atoms with E-state index in [1.54, 1.807) is 26.4 Å². The summed E-state index contributed by atoms with van der Waals surface area (Å²) in [5.41, 5.74) is 2.74. The molecule has 0 saturated carbocycles. The number of benzene rings is 2. The maximum atomic E-state index is 12.5. The molecule has 29 heavy (non-hydrogen) atoms. The third-order valence-electron chi connectivity index (χ3n) is 5.37. The molecule has 0 bridgehead atoms. The summed E-state index contributed by atoms with van der Waals surface area (Å²) >= 11 is 0. The molecular formula is C22H23N3O4. The second-order valence-corrected chi connectivity index (χ2v) is 7.08. The van der Waals surface area contributed by atoms with Gasteiger partial charge in [-0.1, -0.05) is 12.1 Å². The van der Waals surface area contributed by atoms with Gasteiger partial charge in [0.2, 0.25) is 5.91 Å². The van der Waals surface area contributed by atoms with E-state index in [4.69, 9.17) is 9.47 Å². The van der Waals surface area contributed by atoms with Crippen LogP contribution in [0.1, 0.15) is 30.0 Å². The highest BCUT2D eigenvalue weighted by molar-refractivity contribution is 5.78. The largest absolute Gasteiger partial charge is 0.493 e. The minimum absolute atomic E-state index is 0.0660. The Hall–Kier alpha value is -3.35. The number of hydrogen-bond acceptors (Lipinski definition) is 5. The summed E-state index contributed by atoms with van der Waals surface area (Å²) in [4.78, 5) is 29.4. The summed E-state index contributed by atoms with van der Waals surface area (Å²) in [6.07, 6.45) is 3.41. The first-order chi connectivity index (χ1) is 14.1. The van der Waals surface area contributed by atoms with Crippen LogP contribution in [0.5, 0.6) is 11.5 Å². The third kappa shape index (κ3) is 3.68. The number of carbonyl (C=O) groups excluding carboxylic acids is 1. The zero-order chi connectivity index (χ0) is 20.4. The fourth-order valence-corrected chi connectivity index (χ4v) is 3.84. The maximum absolute atomic E-state index is 12.5. The van der Waals surface area contributed by atoms with Gasteiger partial charge in [-0.05, 0) is 48.2 Å². The van der Waals surface area contributed by atoms with Gasteiger partial charge in [-0.25, -0.2) is 4.98 Å². The van der Waals surface area contributed by atoms with Crippen LogP contribution in [0.4, 0.5) is 0 Å². The topological polar surface area (TPSA) is 82.4 Å². The average Bonchev–Trinajstić information content (AvgIpc) is 3.13.